The molecule has 0 spiro atoms. The fourth-order valence-electron chi connectivity index (χ4n) is 3.38. The minimum absolute atomic E-state index is 0.853. The number of nitrogens with zero attached hydrogens (tertiary/aromatic N) is 1. The monoisotopic (exact) mass is 201 g/mol. The van der Waals surface area contributed by atoms with Crippen LogP contribution in [-0.4, -0.2) is 25.0 Å². The van der Waals surface area contributed by atoms with Crippen LogP contribution in [-0.2, 0) is 6.42 Å². The summed E-state index contributed by atoms with van der Waals surface area (Å²) in [7, 11) is 2.26. The third-order valence-electron chi connectivity index (χ3n) is 4.18. The molecule has 1 aliphatic carbocycles. The lowest BCUT2D eigenvalue weighted by atomic mass is 9.72. The minimum Gasteiger partial charge on any atom is -0.306 e. The van der Waals surface area contributed by atoms with Gasteiger partial charge in [-0.05, 0) is 55.8 Å². The zero-order valence-corrected chi connectivity index (χ0v) is 9.45. The van der Waals surface area contributed by atoms with E-state index in [2.05, 4.69) is 36.2 Å². The van der Waals surface area contributed by atoms with Crippen LogP contribution in [0.25, 0.3) is 0 Å². The van der Waals surface area contributed by atoms with Gasteiger partial charge in [-0.15, -0.1) is 0 Å². The molecule has 0 radical (unpaired) electrons. The number of hydrogen-bond acceptors (Lipinski definition) is 1. The molecule has 1 aromatic rings. The van der Waals surface area contributed by atoms with Crippen molar-refractivity contribution >= 4 is 0 Å². The van der Waals surface area contributed by atoms with Crippen molar-refractivity contribution in [1.29, 1.82) is 0 Å². The lowest BCUT2D eigenvalue weighted by molar-refractivity contribution is 0.169. The standard InChI is InChI=1S/C14H19N/c1-15-9-8-14-12(10-15)7-6-11-4-2-3-5-13(11)14/h2-5,12,14H,6-10H2,1H3/t12-,14-/m0/s1. The summed E-state index contributed by atoms with van der Waals surface area (Å²) in [5.41, 5.74) is 3.27. The molecule has 0 aromatic heterocycles. The first-order valence-corrected chi connectivity index (χ1v) is 6.11. The fraction of sp³-hybridized carbons (Fsp3) is 0.571. The quantitative estimate of drug-likeness (QED) is 0.624. The molecule has 1 heteroatoms. The van der Waals surface area contributed by atoms with Gasteiger partial charge in [-0.3, -0.25) is 0 Å². The first-order chi connectivity index (χ1) is 7.34. The predicted octanol–water partition coefficient (Wildman–Crippen LogP) is 2.67. The number of rotatable bonds is 0. The molecule has 1 saturated heterocycles. The molecule has 0 unspecified atom stereocenters. The van der Waals surface area contributed by atoms with E-state index in [4.69, 9.17) is 0 Å². The van der Waals surface area contributed by atoms with E-state index in [0.29, 0.717) is 0 Å². The Morgan fingerprint density at radius 3 is 3.00 bits per heavy atom. The zero-order valence-electron chi connectivity index (χ0n) is 9.45. The smallest absolute Gasteiger partial charge is 0.00126 e. The second-order valence-electron chi connectivity index (χ2n) is 5.15. The van der Waals surface area contributed by atoms with Gasteiger partial charge in [0.15, 0.2) is 0 Å². The van der Waals surface area contributed by atoms with E-state index in [1.807, 2.05) is 0 Å². The largest absolute Gasteiger partial charge is 0.306 e. The summed E-state index contributed by atoms with van der Waals surface area (Å²) in [5.74, 6) is 1.77. The van der Waals surface area contributed by atoms with Gasteiger partial charge in [0, 0.05) is 6.54 Å². The molecule has 3 rings (SSSR count). The van der Waals surface area contributed by atoms with Gasteiger partial charge < -0.3 is 4.90 Å². The van der Waals surface area contributed by atoms with Crippen LogP contribution in [0, 0.1) is 5.92 Å². The van der Waals surface area contributed by atoms with Gasteiger partial charge in [0.2, 0.25) is 0 Å². The van der Waals surface area contributed by atoms with E-state index in [1.54, 1.807) is 11.1 Å². The van der Waals surface area contributed by atoms with E-state index < -0.39 is 0 Å². The van der Waals surface area contributed by atoms with Crippen molar-refractivity contribution in [1.82, 2.24) is 4.90 Å². The molecule has 0 amide bonds. The second-order valence-corrected chi connectivity index (χ2v) is 5.15. The molecule has 0 saturated carbocycles. The van der Waals surface area contributed by atoms with Crippen LogP contribution in [0.3, 0.4) is 0 Å². The van der Waals surface area contributed by atoms with Crippen molar-refractivity contribution in [3.63, 3.8) is 0 Å². The van der Waals surface area contributed by atoms with Gasteiger partial charge in [0.25, 0.3) is 0 Å². The highest BCUT2D eigenvalue weighted by Crippen LogP contribution is 2.40. The van der Waals surface area contributed by atoms with Crippen LogP contribution in [0.2, 0.25) is 0 Å². The molecule has 0 bridgehead atoms. The van der Waals surface area contributed by atoms with Crippen molar-refractivity contribution in [2.75, 3.05) is 20.1 Å². The number of benzene rings is 1. The second kappa shape index (κ2) is 3.64. The van der Waals surface area contributed by atoms with Crippen LogP contribution in [0.1, 0.15) is 29.9 Å². The molecule has 1 fully saturated rings. The fourth-order valence-corrected chi connectivity index (χ4v) is 3.38. The zero-order chi connectivity index (χ0) is 10.3. The maximum absolute atomic E-state index is 2.50. The molecule has 2 aliphatic rings. The molecule has 1 heterocycles. The van der Waals surface area contributed by atoms with Gasteiger partial charge in [-0.1, -0.05) is 24.3 Å². The number of piperidine rings is 1. The highest BCUT2D eigenvalue weighted by Gasteiger charge is 2.32. The van der Waals surface area contributed by atoms with Crippen molar-refractivity contribution in [2.24, 2.45) is 5.92 Å². The van der Waals surface area contributed by atoms with E-state index in [-0.39, 0.29) is 0 Å². The Kier molecular flexibility index (Phi) is 2.28. The van der Waals surface area contributed by atoms with E-state index in [0.717, 1.165) is 11.8 Å². The maximum atomic E-state index is 2.50. The van der Waals surface area contributed by atoms with Crippen LogP contribution >= 0.6 is 0 Å². The Hall–Kier alpha value is -0.820. The van der Waals surface area contributed by atoms with Crippen molar-refractivity contribution in [3.05, 3.63) is 35.4 Å². The third kappa shape index (κ3) is 1.59. The average molecular weight is 201 g/mol. The first kappa shape index (κ1) is 9.41. The summed E-state index contributed by atoms with van der Waals surface area (Å²) in [6.07, 6.45) is 4.05. The molecule has 0 N–H and O–H groups in total. The molecule has 1 aliphatic heterocycles. The van der Waals surface area contributed by atoms with Gasteiger partial charge in [0.1, 0.15) is 0 Å². The van der Waals surface area contributed by atoms with Gasteiger partial charge >= 0.3 is 0 Å². The number of hydrogen-bond donors (Lipinski definition) is 0. The Bertz CT molecular complexity index is 358. The normalized spacial score (nSPS) is 30.7. The molecule has 80 valence electrons. The summed E-state index contributed by atoms with van der Waals surface area (Å²) in [6.45, 7) is 2.58. The summed E-state index contributed by atoms with van der Waals surface area (Å²) >= 11 is 0. The molecule has 1 aromatic carbocycles. The summed E-state index contributed by atoms with van der Waals surface area (Å²) in [4.78, 5) is 2.50. The lowest BCUT2D eigenvalue weighted by Gasteiger charge is -2.41. The molecular weight excluding hydrogens is 182 g/mol. The van der Waals surface area contributed by atoms with Gasteiger partial charge in [-0.25, -0.2) is 0 Å². The highest BCUT2D eigenvalue weighted by atomic mass is 15.1. The Labute approximate surface area is 92.1 Å². The summed E-state index contributed by atoms with van der Waals surface area (Å²) in [6, 6.07) is 9.08. The molecule has 1 nitrogen and oxygen atoms in total. The van der Waals surface area contributed by atoms with Crippen molar-refractivity contribution in [3.8, 4) is 0 Å². The maximum Gasteiger partial charge on any atom is 0.00126 e. The SMILES string of the molecule is CN1CC[C@@H]2c3ccccc3CC[C@H]2C1. The Balaban J connectivity index is 1.93. The summed E-state index contributed by atoms with van der Waals surface area (Å²) < 4.78 is 0. The highest BCUT2D eigenvalue weighted by molar-refractivity contribution is 5.33. The topological polar surface area (TPSA) is 3.24 Å². The molecular formula is C14H19N. The molecule has 2 atom stereocenters. The summed E-state index contributed by atoms with van der Waals surface area (Å²) in [5, 5.41) is 0. The molecule has 15 heavy (non-hydrogen) atoms. The van der Waals surface area contributed by atoms with Crippen molar-refractivity contribution < 1.29 is 0 Å². The first-order valence-electron chi connectivity index (χ1n) is 6.11. The van der Waals surface area contributed by atoms with Crippen LogP contribution < -0.4 is 0 Å². The number of likely N-dealkylation sites (tertiary alicyclic amines) is 1. The van der Waals surface area contributed by atoms with Gasteiger partial charge in [-0.2, -0.15) is 0 Å². The average Bonchev–Trinajstić information content (AvgIpc) is 2.28. The van der Waals surface area contributed by atoms with E-state index >= 15 is 0 Å². The number of fused-ring (bicyclic) bond motifs is 3. The third-order valence-corrected chi connectivity index (χ3v) is 4.18. The lowest BCUT2D eigenvalue weighted by Crippen LogP contribution is -2.39. The van der Waals surface area contributed by atoms with Crippen LogP contribution in [0.15, 0.2) is 24.3 Å². The van der Waals surface area contributed by atoms with Gasteiger partial charge in [0.05, 0.1) is 0 Å². The van der Waals surface area contributed by atoms with Crippen LogP contribution in [0.5, 0.6) is 0 Å². The van der Waals surface area contributed by atoms with E-state index in [9.17, 15) is 0 Å². The predicted molar refractivity (Wildman–Crippen MR) is 63.1 cm³/mol. The van der Waals surface area contributed by atoms with E-state index in [1.165, 1.54) is 32.4 Å². The van der Waals surface area contributed by atoms with Crippen LogP contribution in [0.4, 0.5) is 0 Å². The van der Waals surface area contributed by atoms with Crippen molar-refractivity contribution in [2.45, 2.75) is 25.2 Å². The Morgan fingerprint density at radius 2 is 2.07 bits per heavy atom. The Morgan fingerprint density at radius 1 is 1.20 bits per heavy atom. The minimum atomic E-state index is 0.853. The number of aryl methyl sites for hydroxylation is 1.